The third-order valence-electron chi connectivity index (χ3n) is 2.45. The van der Waals surface area contributed by atoms with Gasteiger partial charge in [0.2, 0.25) is 0 Å². The van der Waals surface area contributed by atoms with Crippen LogP contribution in [0.1, 0.15) is 16.1 Å². The lowest BCUT2D eigenvalue weighted by molar-refractivity contribution is 0.0698. The highest BCUT2D eigenvalue weighted by Gasteiger charge is 2.18. The number of nitrogens with one attached hydrogen (secondary N) is 1. The molecule has 0 fully saturated rings. The van der Waals surface area contributed by atoms with Crippen molar-refractivity contribution in [3.8, 4) is 0 Å². The first-order valence-corrected chi connectivity index (χ1v) is 6.92. The third-order valence-corrected chi connectivity index (χ3v) is 3.80. The van der Waals surface area contributed by atoms with E-state index in [0.29, 0.717) is 16.6 Å². The fourth-order valence-corrected chi connectivity index (χ4v) is 2.51. The number of rotatable bonds is 2. The van der Waals surface area contributed by atoms with Gasteiger partial charge in [-0.15, -0.1) is 0 Å². The summed E-state index contributed by atoms with van der Waals surface area (Å²) in [5.74, 6) is -1.11. The number of carbonyl (C=O) groups is 1. The summed E-state index contributed by atoms with van der Waals surface area (Å²) in [6.45, 7) is 1.61. The number of carboxylic acids is 1. The summed E-state index contributed by atoms with van der Waals surface area (Å²) < 4.78 is 22.3. The van der Waals surface area contributed by atoms with Crippen LogP contribution in [0.5, 0.6) is 0 Å². The molecule has 1 aromatic carbocycles. The van der Waals surface area contributed by atoms with Crippen molar-refractivity contribution >= 4 is 36.6 Å². The highest BCUT2D eigenvalue weighted by molar-refractivity contribution is 8.13. The summed E-state index contributed by atoms with van der Waals surface area (Å²) in [7, 11) is 1.35. The van der Waals surface area contributed by atoms with Crippen LogP contribution in [0.4, 0.5) is 0 Å². The molecular formula is C10H8ClNO4S. The van der Waals surface area contributed by atoms with Gasteiger partial charge in [-0.1, -0.05) is 0 Å². The lowest BCUT2D eigenvalue weighted by Gasteiger charge is -1.97. The van der Waals surface area contributed by atoms with Gasteiger partial charge in [-0.25, -0.2) is 13.2 Å². The van der Waals surface area contributed by atoms with Gasteiger partial charge in [0.25, 0.3) is 9.05 Å². The number of aromatic nitrogens is 1. The van der Waals surface area contributed by atoms with E-state index >= 15 is 0 Å². The molecule has 0 aliphatic heterocycles. The number of H-pyrrole nitrogens is 1. The molecule has 2 aromatic rings. The number of halogens is 1. The minimum absolute atomic E-state index is 0.0576. The van der Waals surface area contributed by atoms with Gasteiger partial charge >= 0.3 is 5.97 Å². The second-order valence-electron chi connectivity index (χ2n) is 3.58. The first-order valence-electron chi connectivity index (χ1n) is 4.61. The zero-order valence-corrected chi connectivity index (χ0v) is 10.3. The van der Waals surface area contributed by atoms with Crippen LogP contribution in [0.25, 0.3) is 10.9 Å². The molecule has 0 atom stereocenters. The smallest absolute Gasteiger partial charge is 0.338 e. The quantitative estimate of drug-likeness (QED) is 0.820. The molecular weight excluding hydrogens is 266 g/mol. The van der Waals surface area contributed by atoms with Gasteiger partial charge in [-0.3, -0.25) is 0 Å². The Labute approximate surface area is 101 Å². The monoisotopic (exact) mass is 273 g/mol. The van der Waals surface area contributed by atoms with E-state index in [1.165, 1.54) is 18.2 Å². The average molecular weight is 274 g/mol. The Morgan fingerprint density at radius 3 is 2.59 bits per heavy atom. The molecule has 0 spiro atoms. The standard InChI is InChI=1S/C10H8ClNO4S/c1-5-9(10(13)14)7-4-6(17(11,15)16)2-3-8(7)12-5/h2-4,12H,1H3,(H,13,14). The van der Waals surface area contributed by atoms with Crippen LogP contribution < -0.4 is 0 Å². The summed E-state index contributed by atoms with van der Waals surface area (Å²) in [5, 5.41) is 9.37. The Morgan fingerprint density at radius 2 is 2.06 bits per heavy atom. The molecule has 0 radical (unpaired) electrons. The summed E-state index contributed by atoms with van der Waals surface area (Å²) in [5.41, 5.74) is 1.09. The summed E-state index contributed by atoms with van der Waals surface area (Å²) in [6.07, 6.45) is 0. The van der Waals surface area contributed by atoms with Gasteiger partial charge in [0, 0.05) is 27.3 Å². The molecule has 0 unspecified atom stereocenters. The Kier molecular flexibility index (Phi) is 2.63. The molecule has 0 aliphatic rings. The maximum absolute atomic E-state index is 11.2. The van der Waals surface area contributed by atoms with E-state index in [1.807, 2.05) is 0 Å². The van der Waals surface area contributed by atoms with E-state index in [9.17, 15) is 13.2 Å². The fraction of sp³-hybridized carbons (Fsp3) is 0.100. The van der Waals surface area contributed by atoms with Gasteiger partial charge in [0.1, 0.15) is 0 Å². The zero-order valence-electron chi connectivity index (χ0n) is 8.69. The molecule has 90 valence electrons. The Bertz CT molecular complexity index is 717. The van der Waals surface area contributed by atoms with E-state index in [2.05, 4.69) is 4.98 Å². The number of aromatic carboxylic acids is 1. The SMILES string of the molecule is Cc1[nH]c2ccc(S(=O)(=O)Cl)cc2c1C(=O)O. The molecule has 0 amide bonds. The second kappa shape index (κ2) is 3.75. The van der Waals surface area contributed by atoms with Gasteiger partial charge in [0.15, 0.2) is 0 Å². The lowest BCUT2D eigenvalue weighted by atomic mass is 10.1. The number of fused-ring (bicyclic) bond motifs is 1. The van der Waals surface area contributed by atoms with E-state index in [4.69, 9.17) is 15.8 Å². The molecule has 0 saturated heterocycles. The van der Waals surface area contributed by atoms with Gasteiger partial charge in [-0.2, -0.15) is 0 Å². The van der Waals surface area contributed by atoms with Crippen molar-refractivity contribution in [2.45, 2.75) is 11.8 Å². The van der Waals surface area contributed by atoms with Gasteiger partial charge in [0.05, 0.1) is 10.5 Å². The number of benzene rings is 1. The van der Waals surface area contributed by atoms with E-state index in [0.717, 1.165) is 0 Å². The van der Waals surface area contributed by atoms with Crippen LogP contribution in [-0.2, 0) is 9.05 Å². The molecule has 2 rings (SSSR count). The van der Waals surface area contributed by atoms with Crippen molar-refractivity contribution in [2.75, 3.05) is 0 Å². The molecule has 17 heavy (non-hydrogen) atoms. The van der Waals surface area contributed by atoms with Crippen molar-refractivity contribution in [1.29, 1.82) is 0 Å². The van der Waals surface area contributed by atoms with Crippen LogP contribution in [-0.4, -0.2) is 24.5 Å². The third kappa shape index (κ3) is 2.01. The molecule has 7 heteroatoms. The maximum Gasteiger partial charge on any atom is 0.338 e. The minimum Gasteiger partial charge on any atom is -0.478 e. The van der Waals surface area contributed by atoms with Gasteiger partial charge in [-0.05, 0) is 25.1 Å². The molecule has 0 saturated carbocycles. The predicted octanol–water partition coefficient (Wildman–Crippen LogP) is 2.10. The molecule has 1 aromatic heterocycles. The zero-order chi connectivity index (χ0) is 12.8. The first-order chi connectivity index (χ1) is 7.80. The number of aryl methyl sites for hydroxylation is 1. The fourth-order valence-electron chi connectivity index (χ4n) is 1.73. The van der Waals surface area contributed by atoms with Crippen LogP contribution >= 0.6 is 10.7 Å². The molecule has 0 bridgehead atoms. The van der Waals surface area contributed by atoms with Crippen molar-refractivity contribution in [2.24, 2.45) is 0 Å². The second-order valence-corrected chi connectivity index (χ2v) is 6.14. The largest absolute Gasteiger partial charge is 0.478 e. The molecule has 5 nitrogen and oxygen atoms in total. The Hall–Kier alpha value is -1.53. The minimum atomic E-state index is -3.86. The van der Waals surface area contributed by atoms with E-state index < -0.39 is 15.0 Å². The topological polar surface area (TPSA) is 87.2 Å². The Balaban J connectivity index is 2.84. The highest BCUT2D eigenvalue weighted by atomic mass is 35.7. The van der Waals surface area contributed by atoms with E-state index in [1.54, 1.807) is 6.92 Å². The summed E-state index contributed by atoms with van der Waals surface area (Å²) in [6, 6.07) is 4.07. The molecule has 1 heterocycles. The van der Waals surface area contributed by atoms with Crippen LogP contribution in [0.15, 0.2) is 23.1 Å². The maximum atomic E-state index is 11.2. The molecule has 0 aliphatic carbocycles. The number of carboxylic acid groups (broad SMARTS) is 1. The first kappa shape index (κ1) is 11.9. The number of hydrogen-bond acceptors (Lipinski definition) is 3. The van der Waals surface area contributed by atoms with Crippen molar-refractivity contribution in [3.05, 3.63) is 29.5 Å². The summed E-state index contributed by atoms with van der Waals surface area (Å²) in [4.78, 5) is 13.8. The van der Waals surface area contributed by atoms with Crippen molar-refractivity contribution in [1.82, 2.24) is 4.98 Å². The van der Waals surface area contributed by atoms with Crippen molar-refractivity contribution in [3.63, 3.8) is 0 Å². The number of aromatic amines is 1. The van der Waals surface area contributed by atoms with E-state index in [-0.39, 0.29) is 10.5 Å². The summed E-state index contributed by atoms with van der Waals surface area (Å²) >= 11 is 0. The highest BCUT2D eigenvalue weighted by Crippen LogP contribution is 2.26. The number of hydrogen-bond donors (Lipinski definition) is 2. The normalized spacial score (nSPS) is 11.9. The lowest BCUT2D eigenvalue weighted by Crippen LogP contribution is -1.97. The van der Waals surface area contributed by atoms with Crippen LogP contribution in [0, 0.1) is 6.92 Å². The van der Waals surface area contributed by atoms with Crippen LogP contribution in [0.2, 0.25) is 0 Å². The van der Waals surface area contributed by atoms with Gasteiger partial charge < -0.3 is 10.1 Å². The van der Waals surface area contributed by atoms with Crippen molar-refractivity contribution < 1.29 is 18.3 Å². The average Bonchev–Trinajstić information content (AvgIpc) is 2.50. The molecule has 2 N–H and O–H groups in total. The predicted molar refractivity (Wildman–Crippen MR) is 63.0 cm³/mol. The Morgan fingerprint density at radius 1 is 1.41 bits per heavy atom. The van der Waals surface area contributed by atoms with Crippen LogP contribution in [0.3, 0.4) is 0 Å².